The number of benzene rings is 3. The van der Waals surface area contributed by atoms with Crippen LogP contribution in [0, 0.1) is 0 Å². The van der Waals surface area contributed by atoms with Crippen molar-refractivity contribution < 1.29 is 9.53 Å². The minimum atomic E-state index is -0.378. The second-order valence-electron chi connectivity index (χ2n) is 10.9. The zero-order valence-corrected chi connectivity index (χ0v) is 23.0. The molecule has 2 fully saturated rings. The average Bonchev–Trinajstić information content (AvgIpc) is 3.74. The van der Waals surface area contributed by atoms with Crippen LogP contribution in [-0.2, 0) is 4.74 Å². The first kappa shape index (κ1) is 25.3. The molecule has 5 heteroatoms. The molecule has 2 saturated heterocycles. The molecule has 3 aromatic carbocycles. The first-order valence-electron chi connectivity index (χ1n) is 14.2. The first-order chi connectivity index (χ1) is 19.1. The molecule has 0 aromatic heterocycles. The molecule has 6 rings (SSSR count). The van der Waals surface area contributed by atoms with Crippen molar-refractivity contribution in [3.63, 3.8) is 0 Å². The van der Waals surface area contributed by atoms with Gasteiger partial charge in [0.1, 0.15) is 6.10 Å². The Morgan fingerprint density at radius 1 is 0.795 bits per heavy atom. The van der Waals surface area contributed by atoms with Crippen molar-refractivity contribution in [2.45, 2.75) is 31.8 Å². The van der Waals surface area contributed by atoms with E-state index in [9.17, 15) is 4.79 Å². The summed E-state index contributed by atoms with van der Waals surface area (Å²) in [6.45, 7) is 4.56. The van der Waals surface area contributed by atoms with Gasteiger partial charge in [-0.3, -0.25) is 0 Å². The number of fused-ring (bicyclic) bond motifs is 1. The maximum atomic E-state index is 12.6. The second kappa shape index (κ2) is 11.0. The number of hydrogen-bond acceptors (Lipinski definition) is 5. The fourth-order valence-corrected chi connectivity index (χ4v) is 5.90. The highest BCUT2D eigenvalue weighted by molar-refractivity contribution is 5.95. The molecule has 0 spiro atoms. The van der Waals surface area contributed by atoms with Crippen molar-refractivity contribution in [3.05, 3.63) is 107 Å². The standard InChI is InChI=1S/C34H37N3O2/c1-35(2)29-18-19-31-32(24-29)34(38)39-33(31)9-7-8-30(25-10-14-27(15-11-25)36-20-3-4-21-36)26-12-16-28(17-13-26)37-22-5-6-23-37/h7-19,24,33H,3-6,20-23H2,1-2H3. The molecule has 0 bridgehead atoms. The number of cyclic esters (lactones) is 1. The Morgan fingerprint density at radius 3 is 1.85 bits per heavy atom. The number of rotatable bonds is 7. The Bertz CT molecular complexity index is 1320. The van der Waals surface area contributed by atoms with Gasteiger partial charge < -0.3 is 19.4 Å². The number of carbonyl (C=O) groups excluding carboxylic acids is 1. The van der Waals surface area contributed by atoms with E-state index in [-0.39, 0.29) is 12.1 Å². The molecule has 0 radical (unpaired) electrons. The second-order valence-corrected chi connectivity index (χ2v) is 10.9. The van der Waals surface area contributed by atoms with E-state index in [2.05, 4.69) is 64.4 Å². The molecule has 1 unspecified atom stereocenters. The van der Waals surface area contributed by atoms with E-state index in [4.69, 9.17) is 4.74 Å². The van der Waals surface area contributed by atoms with E-state index in [1.807, 2.05) is 49.3 Å². The van der Waals surface area contributed by atoms with Gasteiger partial charge in [0.15, 0.2) is 0 Å². The maximum Gasteiger partial charge on any atom is 0.339 e. The Morgan fingerprint density at radius 2 is 1.33 bits per heavy atom. The van der Waals surface area contributed by atoms with Crippen molar-refractivity contribution in [2.24, 2.45) is 0 Å². The zero-order valence-electron chi connectivity index (χ0n) is 23.0. The van der Waals surface area contributed by atoms with Gasteiger partial charge in [-0.05, 0) is 84.9 Å². The summed E-state index contributed by atoms with van der Waals surface area (Å²) in [6.07, 6.45) is 10.9. The number of hydrogen-bond donors (Lipinski definition) is 0. The van der Waals surface area contributed by atoms with Gasteiger partial charge in [0.2, 0.25) is 0 Å². The third-order valence-corrected chi connectivity index (χ3v) is 8.16. The van der Waals surface area contributed by atoms with Gasteiger partial charge in [0.05, 0.1) is 5.56 Å². The molecule has 3 heterocycles. The Labute approximate surface area is 232 Å². The molecule has 200 valence electrons. The summed E-state index contributed by atoms with van der Waals surface area (Å²) in [6, 6.07) is 23.9. The molecule has 1 atom stereocenters. The van der Waals surface area contributed by atoms with Gasteiger partial charge in [-0.25, -0.2) is 4.79 Å². The third-order valence-electron chi connectivity index (χ3n) is 8.16. The molecule has 5 nitrogen and oxygen atoms in total. The van der Waals surface area contributed by atoms with Crippen LogP contribution in [0.15, 0.2) is 85.0 Å². The molecular formula is C34H37N3O2. The van der Waals surface area contributed by atoms with Crippen LogP contribution in [0.5, 0.6) is 0 Å². The van der Waals surface area contributed by atoms with Crippen molar-refractivity contribution in [1.82, 2.24) is 0 Å². The number of allylic oxidation sites excluding steroid dienone is 2. The summed E-state index contributed by atoms with van der Waals surface area (Å²) < 4.78 is 5.72. The van der Waals surface area contributed by atoms with Crippen LogP contribution in [0.25, 0.3) is 5.57 Å². The van der Waals surface area contributed by atoms with E-state index in [0.717, 1.165) is 43.0 Å². The summed E-state index contributed by atoms with van der Waals surface area (Å²) in [5.41, 5.74) is 8.65. The molecule has 0 saturated carbocycles. The molecule has 3 aliphatic heterocycles. The van der Waals surface area contributed by atoms with Crippen LogP contribution in [0.4, 0.5) is 17.1 Å². The van der Waals surface area contributed by atoms with E-state index >= 15 is 0 Å². The van der Waals surface area contributed by atoms with Gasteiger partial charge in [0, 0.05) is 62.9 Å². The summed E-state index contributed by atoms with van der Waals surface area (Å²) in [7, 11) is 3.95. The van der Waals surface area contributed by atoms with Crippen molar-refractivity contribution in [1.29, 1.82) is 0 Å². The highest BCUT2D eigenvalue weighted by Crippen LogP contribution is 2.35. The van der Waals surface area contributed by atoms with Crippen molar-refractivity contribution >= 4 is 28.6 Å². The van der Waals surface area contributed by atoms with Crippen molar-refractivity contribution in [3.8, 4) is 0 Å². The van der Waals surface area contributed by atoms with E-state index < -0.39 is 0 Å². The first-order valence-corrected chi connectivity index (χ1v) is 14.2. The highest BCUT2D eigenvalue weighted by Gasteiger charge is 2.29. The minimum absolute atomic E-state index is 0.262. The van der Waals surface area contributed by atoms with Crippen LogP contribution in [-0.4, -0.2) is 46.2 Å². The maximum absolute atomic E-state index is 12.6. The number of ether oxygens (including phenoxy) is 1. The zero-order chi connectivity index (χ0) is 26.8. The number of nitrogens with zero attached hydrogens (tertiary/aromatic N) is 3. The summed E-state index contributed by atoms with van der Waals surface area (Å²) in [4.78, 5) is 19.5. The predicted molar refractivity (Wildman–Crippen MR) is 161 cm³/mol. The normalized spacial score (nSPS) is 18.5. The minimum Gasteiger partial charge on any atom is -0.450 e. The van der Waals surface area contributed by atoms with Gasteiger partial charge in [0.25, 0.3) is 0 Å². The van der Waals surface area contributed by atoms with Crippen LogP contribution in [0.3, 0.4) is 0 Å². The van der Waals surface area contributed by atoms with Gasteiger partial charge in [-0.2, -0.15) is 0 Å². The van der Waals surface area contributed by atoms with E-state index in [1.54, 1.807) is 0 Å². The smallest absolute Gasteiger partial charge is 0.339 e. The summed E-state index contributed by atoms with van der Waals surface area (Å²) in [5.74, 6) is -0.262. The number of anilines is 3. The molecule has 39 heavy (non-hydrogen) atoms. The van der Waals surface area contributed by atoms with Crippen molar-refractivity contribution in [2.75, 3.05) is 55.0 Å². The fourth-order valence-electron chi connectivity index (χ4n) is 5.90. The lowest BCUT2D eigenvalue weighted by atomic mass is 9.96. The largest absolute Gasteiger partial charge is 0.450 e. The Balaban J connectivity index is 1.29. The predicted octanol–water partition coefficient (Wildman–Crippen LogP) is 6.85. The summed E-state index contributed by atoms with van der Waals surface area (Å²) in [5, 5.41) is 0. The van der Waals surface area contributed by atoms with Gasteiger partial charge in [-0.1, -0.05) is 42.5 Å². The molecule has 3 aromatic rings. The van der Waals surface area contributed by atoms with Crippen LogP contribution in [0.2, 0.25) is 0 Å². The van der Waals surface area contributed by atoms with Gasteiger partial charge >= 0.3 is 5.97 Å². The van der Waals surface area contributed by atoms with Crippen LogP contribution >= 0.6 is 0 Å². The molecular weight excluding hydrogens is 482 g/mol. The third kappa shape index (κ3) is 5.31. The highest BCUT2D eigenvalue weighted by atomic mass is 16.5. The lowest BCUT2D eigenvalue weighted by molar-refractivity contribution is 0.0467. The van der Waals surface area contributed by atoms with Crippen LogP contribution < -0.4 is 14.7 Å². The average molecular weight is 520 g/mol. The summed E-state index contributed by atoms with van der Waals surface area (Å²) >= 11 is 0. The molecule has 0 aliphatic carbocycles. The van der Waals surface area contributed by atoms with E-state index in [0.29, 0.717) is 5.56 Å². The number of esters is 1. The van der Waals surface area contributed by atoms with E-state index in [1.165, 1.54) is 48.2 Å². The SMILES string of the molecule is CN(C)c1ccc2c(c1)C(=O)OC2C=CC=C(c1ccc(N2CCCC2)cc1)c1ccc(N2CCCC2)cc1. The van der Waals surface area contributed by atoms with Gasteiger partial charge in [-0.15, -0.1) is 0 Å². The lowest BCUT2D eigenvalue weighted by Crippen LogP contribution is -2.17. The molecule has 0 amide bonds. The Kier molecular flexibility index (Phi) is 7.14. The Hall–Kier alpha value is -3.99. The molecule has 3 aliphatic rings. The quantitative estimate of drug-likeness (QED) is 0.252. The lowest BCUT2D eigenvalue weighted by Gasteiger charge is -2.19. The topological polar surface area (TPSA) is 36.0 Å². The number of carbonyl (C=O) groups is 1. The monoisotopic (exact) mass is 519 g/mol. The van der Waals surface area contributed by atoms with Crippen LogP contribution in [0.1, 0.15) is 58.8 Å². The molecule has 0 N–H and O–H groups in total. The fraction of sp³-hybridized carbons (Fsp3) is 0.324.